The maximum atomic E-state index is 12.5. The summed E-state index contributed by atoms with van der Waals surface area (Å²) in [5.41, 5.74) is 0.661. The van der Waals surface area contributed by atoms with Gasteiger partial charge in [0.1, 0.15) is 17.7 Å². The Bertz CT molecular complexity index is 1130. The minimum Gasteiger partial charge on any atom is -0.480 e. The van der Waals surface area contributed by atoms with Crippen LogP contribution >= 0.6 is 0 Å². The van der Waals surface area contributed by atoms with E-state index in [1.807, 2.05) is 6.92 Å². The highest BCUT2D eigenvalue weighted by Gasteiger charge is 2.65. The van der Waals surface area contributed by atoms with Crippen LogP contribution in [0, 0.1) is 28.6 Å². The molecular weight excluding hydrogens is 526 g/mol. The topological polar surface area (TPSA) is 154 Å². The first-order valence-electron chi connectivity index (χ1n) is 15.2. The molecule has 0 aromatic rings. The van der Waals surface area contributed by atoms with E-state index in [-0.39, 0.29) is 23.2 Å². The fourth-order valence-corrected chi connectivity index (χ4v) is 8.60. The lowest BCUT2D eigenvalue weighted by molar-refractivity contribution is -0.159. The monoisotopic (exact) mass is 573 g/mol. The number of hydrogen-bond acceptors (Lipinski definition) is 7. The van der Waals surface area contributed by atoms with Crippen LogP contribution in [0.1, 0.15) is 98.8 Å². The highest BCUT2D eigenvalue weighted by Crippen LogP contribution is 2.67. The van der Waals surface area contributed by atoms with Gasteiger partial charge in [-0.3, -0.25) is 14.4 Å². The zero-order chi connectivity index (χ0) is 30.2. The highest BCUT2D eigenvalue weighted by atomic mass is 16.6. The van der Waals surface area contributed by atoms with Crippen LogP contribution in [0.5, 0.6) is 0 Å². The molecule has 0 saturated heterocycles. The predicted molar refractivity (Wildman–Crippen MR) is 153 cm³/mol. The van der Waals surface area contributed by atoms with Gasteiger partial charge in [-0.25, -0.2) is 4.79 Å². The number of allylic oxidation sites excluding steroid dienone is 2. The molecule has 0 aromatic heterocycles. The fraction of sp³-hybridized carbons (Fsp3) is 0.774. The van der Waals surface area contributed by atoms with E-state index in [4.69, 9.17) is 4.84 Å². The summed E-state index contributed by atoms with van der Waals surface area (Å²) in [5, 5.41) is 29.8. The number of carboxylic acids is 1. The number of oxime groups is 1. The van der Waals surface area contributed by atoms with E-state index in [0.29, 0.717) is 37.0 Å². The van der Waals surface area contributed by atoms with Crippen LogP contribution in [-0.2, 0) is 24.0 Å². The number of nitrogens with zero attached hydrogens (tertiary/aromatic N) is 1. The maximum Gasteiger partial charge on any atom is 0.326 e. The molecule has 3 fully saturated rings. The molecule has 0 unspecified atom stereocenters. The number of carbonyl (C=O) groups is 4. The average Bonchev–Trinajstić information content (AvgIpc) is 3.20. The number of fused-ring (bicyclic) bond motifs is 5. The second-order valence-electron chi connectivity index (χ2n) is 13.2. The Balaban J connectivity index is 1.33. The van der Waals surface area contributed by atoms with Crippen molar-refractivity contribution in [3.05, 3.63) is 11.6 Å². The van der Waals surface area contributed by atoms with E-state index < -0.39 is 35.5 Å². The van der Waals surface area contributed by atoms with Gasteiger partial charge in [0.2, 0.25) is 5.91 Å². The van der Waals surface area contributed by atoms with Gasteiger partial charge in [-0.1, -0.05) is 37.9 Å². The van der Waals surface area contributed by atoms with Gasteiger partial charge >= 0.3 is 5.97 Å². The third kappa shape index (κ3) is 5.68. The first kappa shape index (κ1) is 31.2. The Morgan fingerprint density at radius 2 is 1.78 bits per heavy atom. The van der Waals surface area contributed by atoms with Crippen molar-refractivity contribution in [1.82, 2.24) is 10.6 Å². The quantitative estimate of drug-likeness (QED) is 0.292. The Kier molecular flexibility index (Phi) is 9.02. The molecule has 0 aromatic carbocycles. The smallest absolute Gasteiger partial charge is 0.326 e. The zero-order valence-corrected chi connectivity index (χ0v) is 25.1. The molecule has 2 amide bonds. The minimum atomic E-state index is -1.20. The Hall–Kier alpha value is -2.75. The largest absolute Gasteiger partial charge is 0.480 e. The average molecular weight is 574 g/mol. The molecule has 4 aliphatic rings. The summed E-state index contributed by atoms with van der Waals surface area (Å²) < 4.78 is 0. The van der Waals surface area contributed by atoms with Gasteiger partial charge in [0, 0.05) is 5.41 Å². The Labute approximate surface area is 242 Å². The third-order valence-corrected chi connectivity index (χ3v) is 11.1. The first-order valence-corrected chi connectivity index (χ1v) is 15.2. The molecule has 10 heteroatoms. The SMILES string of the molecule is CCC[C@H](NC(=O)[C@H](C)NC(=O)CO/N=C1/C=C2CC[C@H]3[C@H](CC[C@@]4(C)[C@H]3CC[C@]4(O)C(C)=O)[C@@]2(C)CC1)C(=O)O. The summed E-state index contributed by atoms with van der Waals surface area (Å²) in [5.74, 6) is -0.915. The Morgan fingerprint density at radius 3 is 2.44 bits per heavy atom. The number of nitrogens with one attached hydrogen (secondary N) is 2. The summed E-state index contributed by atoms with van der Waals surface area (Å²) in [6.45, 7) is 9.02. The van der Waals surface area contributed by atoms with Crippen LogP contribution in [0.25, 0.3) is 0 Å². The van der Waals surface area contributed by atoms with Crippen LogP contribution in [0.4, 0.5) is 0 Å². The number of rotatable bonds is 10. The van der Waals surface area contributed by atoms with Crippen molar-refractivity contribution in [2.45, 2.75) is 117 Å². The van der Waals surface area contributed by atoms with Crippen molar-refractivity contribution in [3.63, 3.8) is 0 Å². The normalized spacial score (nSPS) is 36.6. The summed E-state index contributed by atoms with van der Waals surface area (Å²) >= 11 is 0. The molecule has 4 N–H and O–H groups in total. The number of carboxylic acid groups (broad SMARTS) is 1. The lowest BCUT2D eigenvalue weighted by Gasteiger charge is -2.59. The van der Waals surface area contributed by atoms with Crippen molar-refractivity contribution in [2.24, 2.45) is 33.7 Å². The van der Waals surface area contributed by atoms with Crippen LogP contribution in [0.15, 0.2) is 16.8 Å². The number of aliphatic carboxylic acids is 1. The number of amides is 2. The number of ketones is 1. The van der Waals surface area contributed by atoms with E-state index >= 15 is 0 Å². The van der Waals surface area contributed by atoms with Crippen LogP contribution in [0.3, 0.4) is 0 Å². The van der Waals surface area contributed by atoms with Crippen molar-refractivity contribution in [2.75, 3.05) is 6.61 Å². The molecular formula is C31H47N3O7. The van der Waals surface area contributed by atoms with E-state index in [1.54, 1.807) is 6.92 Å². The van der Waals surface area contributed by atoms with Crippen molar-refractivity contribution in [1.29, 1.82) is 0 Å². The van der Waals surface area contributed by atoms with Crippen molar-refractivity contribution < 1.29 is 34.2 Å². The molecule has 228 valence electrons. The van der Waals surface area contributed by atoms with Crippen LogP contribution in [-0.4, -0.2) is 63.8 Å². The van der Waals surface area contributed by atoms with E-state index in [9.17, 15) is 29.4 Å². The Morgan fingerprint density at radius 1 is 1.07 bits per heavy atom. The van der Waals surface area contributed by atoms with Crippen LogP contribution < -0.4 is 10.6 Å². The molecule has 0 heterocycles. The van der Waals surface area contributed by atoms with Gasteiger partial charge in [0.15, 0.2) is 12.4 Å². The molecule has 0 radical (unpaired) electrons. The summed E-state index contributed by atoms with van der Waals surface area (Å²) in [4.78, 5) is 53.7. The molecule has 0 bridgehead atoms. The van der Waals surface area contributed by atoms with E-state index in [2.05, 4.69) is 35.7 Å². The number of hydrogen-bond donors (Lipinski definition) is 4. The third-order valence-electron chi connectivity index (χ3n) is 11.1. The maximum absolute atomic E-state index is 12.5. The summed E-state index contributed by atoms with van der Waals surface area (Å²) in [6, 6.07) is -1.90. The fourth-order valence-electron chi connectivity index (χ4n) is 8.60. The first-order chi connectivity index (χ1) is 19.3. The van der Waals surface area contributed by atoms with Gasteiger partial charge in [0.25, 0.3) is 5.91 Å². The van der Waals surface area contributed by atoms with Gasteiger partial charge in [-0.05, 0) is 101 Å². The van der Waals surface area contributed by atoms with Gasteiger partial charge in [-0.15, -0.1) is 0 Å². The van der Waals surface area contributed by atoms with E-state index in [0.717, 1.165) is 50.7 Å². The molecule has 8 atom stereocenters. The lowest BCUT2D eigenvalue weighted by atomic mass is 9.46. The predicted octanol–water partition coefficient (Wildman–Crippen LogP) is 3.52. The second kappa shape index (κ2) is 11.9. The number of carbonyl (C=O) groups excluding carboxylic acids is 3. The minimum absolute atomic E-state index is 0.0476. The van der Waals surface area contributed by atoms with Gasteiger partial charge in [-0.2, -0.15) is 0 Å². The molecule has 41 heavy (non-hydrogen) atoms. The van der Waals surface area contributed by atoms with Crippen LogP contribution in [0.2, 0.25) is 0 Å². The zero-order valence-electron chi connectivity index (χ0n) is 25.1. The molecule has 0 aliphatic heterocycles. The molecule has 0 spiro atoms. The standard InChI is InChI=1S/C31H47N3O7/c1-6-7-25(28(38)39)33-27(37)18(2)32-26(36)17-41-34-21-10-13-29(4)20(16-21)8-9-22-23(29)11-14-30(5)24(22)12-15-31(30,40)19(3)35/h16,18,22-25,40H,6-15,17H2,1-5H3,(H,32,36)(H,33,37)(H,38,39)/b34-21+/t18-,22-,23-,24-,25-,29-,30-,31-/m0/s1. The van der Waals surface area contributed by atoms with E-state index in [1.165, 1.54) is 12.5 Å². The number of Topliss-reactive ketones (excluding diaryl/α,β-unsaturated/α-hetero) is 1. The second-order valence-corrected chi connectivity index (χ2v) is 13.2. The van der Waals surface area contributed by atoms with Crippen molar-refractivity contribution >= 4 is 29.3 Å². The van der Waals surface area contributed by atoms with Gasteiger partial charge in [0.05, 0.1) is 5.71 Å². The summed E-state index contributed by atoms with van der Waals surface area (Å²) in [6.07, 6.45) is 10.0. The molecule has 4 rings (SSSR count). The lowest BCUT2D eigenvalue weighted by Crippen LogP contribution is -2.57. The molecule has 10 nitrogen and oxygen atoms in total. The number of aliphatic hydroxyl groups is 1. The highest BCUT2D eigenvalue weighted by molar-refractivity contribution is 5.96. The van der Waals surface area contributed by atoms with Gasteiger partial charge < -0.3 is 25.7 Å². The molecule has 3 saturated carbocycles. The summed E-state index contributed by atoms with van der Waals surface area (Å²) in [7, 11) is 0. The van der Waals surface area contributed by atoms with Crippen molar-refractivity contribution in [3.8, 4) is 0 Å². The molecule has 4 aliphatic carbocycles.